The smallest absolute Gasteiger partial charge is 0.324 e. The molecule has 10 nitrogen and oxygen atoms in total. The molecule has 0 radical (unpaired) electrons. The molecule has 4 rings (SSSR count). The number of aryl methyl sites for hydroxylation is 1. The number of rotatable bonds is 7. The van der Waals surface area contributed by atoms with Crippen LogP contribution >= 0.6 is 11.3 Å². The van der Waals surface area contributed by atoms with Crippen molar-refractivity contribution in [2.75, 3.05) is 69.8 Å². The number of amides is 4. The molecule has 0 unspecified atom stereocenters. The van der Waals surface area contributed by atoms with E-state index in [-0.39, 0.29) is 17.2 Å². The van der Waals surface area contributed by atoms with E-state index in [0.29, 0.717) is 42.6 Å². The molecule has 2 saturated heterocycles. The highest BCUT2D eigenvalue weighted by Gasteiger charge is 2.42. The fourth-order valence-corrected chi connectivity index (χ4v) is 5.89. The highest BCUT2D eigenvalue weighted by molar-refractivity contribution is 7.16. The second-order valence-electron chi connectivity index (χ2n) is 12.3. The lowest BCUT2D eigenvalue weighted by molar-refractivity contribution is -0.133. The van der Waals surface area contributed by atoms with Crippen molar-refractivity contribution in [2.45, 2.75) is 52.5 Å². The molecule has 11 heteroatoms. The molecule has 2 aliphatic rings. The Balaban J connectivity index is 1.42. The third-order valence-corrected chi connectivity index (χ3v) is 9.05. The molecular weight excluding hydrogens is 566 g/mol. The molecule has 3 N–H and O–H groups in total. The molecule has 1 aromatic carbocycles. The van der Waals surface area contributed by atoms with Gasteiger partial charge in [-0.1, -0.05) is 38.7 Å². The monoisotopic (exact) mass is 609 g/mol. The zero-order chi connectivity index (χ0) is 31.2. The fourth-order valence-electron chi connectivity index (χ4n) is 4.79. The second kappa shape index (κ2) is 13.9. The van der Waals surface area contributed by atoms with Crippen molar-refractivity contribution in [3.63, 3.8) is 0 Å². The van der Waals surface area contributed by atoms with Gasteiger partial charge in [-0.2, -0.15) is 0 Å². The summed E-state index contributed by atoms with van der Waals surface area (Å²) in [6.07, 6.45) is 0. The quantitative estimate of drug-likeness (QED) is 0.323. The van der Waals surface area contributed by atoms with Crippen molar-refractivity contribution < 1.29 is 23.9 Å². The molecule has 4 amide bonds. The van der Waals surface area contributed by atoms with Gasteiger partial charge in [-0.15, -0.1) is 11.3 Å². The van der Waals surface area contributed by atoms with Gasteiger partial charge in [0.05, 0.1) is 25.4 Å². The van der Waals surface area contributed by atoms with E-state index >= 15 is 0 Å². The molecule has 3 heterocycles. The number of hydrogen-bond acceptors (Lipinski definition) is 7. The van der Waals surface area contributed by atoms with Crippen LogP contribution in [0.2, 0.25) is 0 Å². The van der Waals surface area contributed by atoms with Crippen LogP contribution in [0.4, 0.5) is 15.5 Å². The molecule has 1 aromatic heterocycles. The minimum Gasteiger partial charge on any atom is -0.379 e. The number of piperazine rings is 1. The molecule has 0 saturated carbocycles. The van der Waals surface area contributed by atoms with Crippen LogP contribution in [0.25, 0.3) is 0 Å². The van der Waals surface area contributed by atoms with E-state index in [2.05, 4.69) is 53.5 Å². The van der Waals surface area contributed by atoms with Crippen LogP contribution in [-0.2, 0) is 19.7 Å². The highest BCUT2D eigenvalue weighted by atomic mass is 32.1. The summed E-state index contributed by atoms with van der Waals surface area (Å²) < 4.78 is 11.1. The summed E-state index contributed by atoms with van der Waals surface area (Å²) in [4.78, 5) is 44.2. The Morgan fingerprint density at radius 2 is 1.88 bits per heavy atom. The van der Waals surface area contributed by atoms with Crippen molar-refractivity contribution in [3.8, 4) is 11.8 Å². The van der Waals surface area contributed by atoms with Gasteiger partial charge in [0.25, 0.3) is 5.91 Å². The molecular formula is C32H43N5O5S. The number of benzene rings is 1. The van der Waals surface area contributed by atoms with E-state index in [4.69, 9.17) is 9.47 Å². The van der Waals surface area contributed by atoms with Crippen LogP contribution in [0.5, 0.6) is 0 Å². The van der Waals surface area contributed by atoms with Crippen LogP contribution < -0.4 is 16.0 Å². The first-order chi connectivity index (χ1) is 20.4. The summed E-state index contributed by atoms with van der Waals surface area (Å²) in [6, 6.07) is 6.90. The first-order valence-corrected chi connectivity index (χ1v) is 15.5. The SMILES string of the molecule is Cc1ccc(NC(=O)Nc2sc(C(C)(C)C)cc2C(=O)N2CCNC(=O)C2(C)C)cc1C#CCOCCN1CCOCC1. The molecule has 2 aromatic rings. The summed E-state index contributed by atoms with van der Waals surface area (Å²) in [5.41, 5.74) is 1.49. The molecule has 2 aliphatic heterocycles. The lowest BCUT2D eigenvalue weighted by atomic mass is 9.93. The topological polar surface area (TPSA) is 112 Å². The average molecular weight is 610 g/mol. The fraction of sp³-hybridized carbons (Fsp3) is 0.531. The lowest BCUT2D eigenvalue weighted by Crippen LogP contribution is -2.63. The Morgan fingerprint density at radius 1 is 1.14 bits per heavy atom. The predicted octanol–water partition coefficient (Wildman–Crippen LogP) is 4.05. The lowest BCUT2D eigenvalue weighted by Gasteiger charge is -2.41. The Bertz CT molecular complexity index is 1390. The first kappa shape index (κ1) is 32.5. The largest absolute Gasteiger partial charge is 0.379 e. The van der Waals surface area contributed by atoms with Crippen molar-refractivity contribution in [3.05, 3.63) is 45.8 Å². The van der Waals surface area contributed by atoms with Crippen LogP contribution in [0.3, 0.4) is 0 Å². The van der Waals surface area contributed by atoms with Crippen LogP contribution in [0.1, 0.15) is 61.0 Å². The zero-order valence-corrected chi connectivity index (χ0v) is 26.8. The average Bonchev–Trinajstić information content (AvgIpc) is 3.38. The maximum atomic E-state index is 13.7. The summed E-state index contributed by atoms with van der Waals surface area (Å²) in [5, 5.41) is 9.03. The first-order valence-electron chi connectivity index (χ1n) is 14.7. The van der Waals surface area contributed by atoms with Crippen LogP contribution in [-0.4, -0.2) is 92.3 Å². The van der Waals surface area contributed by atoms with Gasteiger partial charge in [0, 0.05) is 48.9 Å². The van der Waals surface area contributed by atoms with Gasteiger partial charge in [-0.3, -0.25) is 19.8 Å². The molecule has 0 spiro atoms. The summed E-state index contributed by atoms with van der Waals surface area (Å²) in [6.45, 7) is 17.5. The van der Waals surface area contributed by atoms with Crippen molar-refractivity contribution >= 4 is 39.9 Å². The number of ether oxygens (including phenoxy) is 2. The number of anilines is 2. The van der Waals surface area contributed by atoms with Gasteiger partial charge in [0.2, 0.25) is 5.91 Å². The van der Waals surface area contributed by atoms with E-state index in [0.717, 1.165) is 48.9 Å². The van der Waals surface area contributed by atoms with Crippen LogP contribution in [0, 0.1) is 18.8 Å². The minimum atomic E-state index is -1.01. The van der Waals surface area contributed by atoms with E-state index < -0.39 is 11.6 Å². The molecule has 232 valence electrons. The van der Waals surface area contributed by atoms with Crippen LogP contribution in [0.15, 0.2) is 24.3 Å². The van der Waals surface area contributed by atoms with E-state index in [1.807, 2.05) is 31.2 Å². The normalized spacial score (nSPS) is 17.1. The molecule has 0 aliphatic carbocycles. The standard InChI is InChI=1S/C32H43N5O5S/c1-22-9-10-24(20-23(22)8-7-16-41-17-13-36-14-18-42-19-15-36)34-30(40)35-27-25(21-26(43-27)31(2,3)4)28(38)37-12-11-33-29(39)32(37,5)6/h9-10,20-21H,11-19H2,1-6H3,(H,33,39)(H2,34,35,40). The van der Waals surface area contributed by atoms with E-state index in [9.17, 15) is 14.4 Å². The predicted molar refractivity (Wildman–Crippen MR) is 170 cm³/mol. The van der Waals surface area contributed by atoms with Gasteiger partial charge in [0.1, 0.15) is 17.1 Å². The Hall–Kier alpha value is -3.43. The van der Waals surface area contributed by atoms with Gasteiger partial charge in [0.15, 0.2) is 0 Å². The zero-order valence-electron chi connectivity index (χ0n) is 26.0. The van der Waals surface area contributed by atoms with Gasteiger partial charge in [-0.05, 0) is 49.9 Å². The maximum absolute atomic E-state index is 13.7. The van der Waals surface area contributed by atoms with Crippen molar-refractivity contribution in [1.29, 1.82) is 0 Å². The third kappa shape index (κ3) is 8.36. The van der Waals surface area contributed by atoms with Gasteiger partial charge < -0.3 is 25.0 Å². The van der Waals surface area contributed by atoms with E-state index in [1.54, 1.807) is 18.7 Å². The highest BCUT2D eigenvalue weighted by Crippen LogP contribution is 2.37. The summed E-state index contributed by atoms with van der Waals surface area (Å²) >= 11 is 1.37. The number of nitrogens with zero attached hydrogens (tertiary/aromatic N) is 2. The summed E-state index contributed by atoms with van der Waals surface area (Å²) in [7, 11) is 0. The maximum Gasteiger partial charge on any atom is 0.324 e. The van der Waals surface area contributed by atoms with Crippen molar-refractivity contribution in [2.24, 2.45) is 0 Å². The number of carbonyl (C=O) groups is 3. The Morgan fingerprint density at radius 3 is 2.60 bits per heavy atom. The Labute approximate surface area is 258 Å². The Kier molecular flexibility index (Phi) is 10.5. The number of thiophene rings is 1. The minimum absolute atomic E-state index is 0.205. The summed E-state index contributed by atoms with van der Waals surface area (Å²) in [5.74, 6) is 5.72. The number of nitrogens with one attached hydrogen (secondary N) is 3. The number of carbonyl (C=O) groups excluding carboxylic acids is 3. The van der Waals surface area contributed by atoms with Crippen molar-refractivity contribution in [1.82, 2.24) is 15.1 Å². The molecule has 43 heavy (non-hydrogen) atoms. The molecule has 2 fully saturated rings. The van der Waals surface area contributed by atoms with E-state index in [1.165, 1.54) is 11.3 Å². The second-order valence-corrected chi connectivity index (χ2v) is 13.3. The molecule has 0 bridgehead atoms. The number of morpholine rings is 1. The number of urea groups is 1. The number of hydrogen-bond donors (Lipinski definition) is 3. The molecule has 0 atom stereocenters. The van der Waals surface area contributed by atoms with Gasteiger partial charge in [-0.25, -0.2) is 4.79 Å². The third-order valence-electron chi connectivity index (χ3n) is 7.57. The van der Waals surface area contributed by atoms with Gasteiger partial charge >= 0.3 is 6.03 Å².